The highest BCUT2D eigenvalue weighted by Gasteiger charge is 2.05. The smallest absolute Gasteiger partial charge is 0.100 e. The van der Waals surface area contributed by atoms with Crippen LogP contribution in [0.15, 0.2) is 23.5 Å². The van der Waals surface area contributed by atoms with Gasteiger partial charge in [-0.3, -0.25) is 0 Å². The van der Waals surface area contributed by atoms with Crippen molar-refractivity contribution in [2.24, 2.45) is 5.41 Å². The normalized spacial score (nSPS) is 14.2. The van der Waals surface area contributed by atoms with E-state index >= 15 is 0 Å². The van der Waals surface area contributed by atoms with Gasteiger partial charge < -0.3 is 9.64 Å². The van der Waals surface area contributed by atoms with Crippen LogP contribution < -0.4 is 0 Å². The Labute approximate surface area is 114 Å². The molecule has 0 aromatic rings. The maximum Gasteiger partial charge on any atom is 0.100 e. The Morgan fingerprint density at radius 2 is 1.83 bits per heavy atom. The van der Waals surface area contributed by atoms with Gasteiger partial charge in [0.25, 0.3) is 0 Å². The summed E-state index contributed by atoms with van der Waals surface area (Å²) in [6, 6.07) is 0. The van der Waals surface area contributed by atoms with Crippen molar-refractivity contribution in [2.75, 3.05) is 27.2 Å². The fourth-order valence-corrected chi connectivity index (χ4v) is 1.42. The van der Waals surface area contributed by atoms with Gasteiger partial charge in [0.1, 0.15) is 6.61 Å². The predicted molar refractivity (Wildman–Crippen MR) is 80.7 cm³/mol. The standard InChI is InChI=1S/C16H31NO/c1-8-14(2)15(18-13-12-17(6)7)10-9-11-16(3,4)5/h9,11H,8,10,12-13H2,1-7H3/b11-9?,15-14+. The SMILES string of the molecule is CC/C(C)=C(\CC=CC(C)(C)C)OCCN(C)C. The fourth-order valence-electron chi connectivity index (χ4n) is 1.42. The molecule has 2 heteroatoms. The van der Waals surface area contributed by atoms with Gasteiger partial charge in [0.05, 0.1) is 5.76 Å². The van der Waals surface area contributed by atoms with Crippen LogP contribution in [-0.2, 0) is 4.74 Å². The molecule has 0 aliphatic heterocycles. The van der Waals surface area contributed by atoms with E-state index < -0.39 is 0 Å². The van der Waals surface area contributed by atoms with Gasteiger partial charge in [0.2, 0.25) is 0 Å². The number of nitrogens with zero attached hydrogens (tertiary/aromatic N) is 1. The first-order valence-corrected chi connectivity index (χ1v) is 6.90. The van der Waals surface area contributed by atoms with Crippen molar-refractivity contribution in [1.82, 2.24) is 4.90 Å². The summed E-state index contributed by atoms with van der Waals surface area (Å²) in [6.07, 6.45) is 6.44. The molecule has 0 spiro atoms. The van der Waals surface area contributed by atoms with Gasteiger partial charge in [-0.15, -0.1) is 0 Å². The van der Waals surface area contributed by atoms with Crippen LogP contribution in [0, 0.1) is 5.41 Å². The molecule has 0 radical (unpaired) electrons. The van der Waals surface area contributed by atoms with Gasteiger partial charge in [-0.25, -0.2) is 0 Å². The monoisotopic (exact) mass is 253 g/mol. The molecule has 0 unspecified atom stereocenters. The van der Waals surface area contributed by atoms with Crippen molar-refractivity contribution in [3.8, 4) is 0 Å². The zero-order valence-corrected chi connectivity index (χ0v) is 13.3. The van der Waals surface area contributed by atoms with Gasteiger partial charge in [-0.2, -0.15) is 0 Å². The molecule has 0 aliphatic rings. The molecule has 0 amide bonds. The van der Waals surface area contributed by atoms with E-state index in [-0.39, 0.29) is 5.41 Å². The summed E-state index contributed by atoms with van der Waals surface area (Å²) in [5, 5.41) is 0. The van der Waals surface area contributed by atoms with E-state index in [9.17, 15) is 0 Å². The van der Waals surface area contributed by atoms with Crippen molar-refractivity contribution in [2.45, 2.75) is 47.5 Å². The van der Waals surface area contributed by atoms with Crippen LogP contribution in [0.5, 0.6) is 0 Å². The second-order valence-electron chi connectivity index (χ2n) is 6.18. The van der Waals surface area contributed by atoms with E-state index in [1.165, 1.54) is 5.57 Å². The number of ether oxygens (including phenoxy) is 1. The number of allylic oxidation sites excluding steroid dienone is 3. The second-order valence-corrected chi connectivity index (χ2v) is 6.18. The van der Waals surface area contributed by atoms with Crippen LogP contribution in [0.4, 0.5) is 0 Å². The van der Waals surface area contributed by atoms with E-state index in [0.29, 0.717) is 0 Å². The van der Waals surface area contributed by atoms with E-state index in [1.807, 2.05) is 0 Å². The predicted octanol–water partition coefficient (Wildman–Crippen LogP) is 4.24. The van der Waals surface area contributed by atoms with Crippen LogP contribution >= 0.6 is 0 Å². The molecule has 0 heterocycles. The van der Waals surface area contributed by atoms with Crippen molar-refractivity contribution in [3.05, 3.63) is 23.5 Å². The largest absolute Gasteiger partial charge is 0.496 e. The zero-order valence-electron chi connectivity index (χ0n) is 13.3. The maximum absolute atomic E-state index is 5.91. The summed E-state index contributed by atoms with van der Waals surface area (Å²) < 4.78 is 5.91. The highest BCUT2D eigenvalue weighted by atomic mass is 16.5. The number of hydrogen-bond acceptors (Lipinski definition) is 2. The second kappa shape index (κ2) is 8.36. The summed E-state index contributed by atoms with van der Waals surface area (Å²) in [6.45, 7) is 12.7. The Balaban J connectivity index is 4.40. The zero-order chi connectivity index (χ0) is 14.2. The average Bonchev–Trinajstić information content (AvgIpc) is 2.24. The molecule has 106 valence electrons. The number of rotatable bonds is 7. The van der Waals surface area contributed by atoms with Gasteiger partial charge >= 0.3 is 0 Å². The lowest BCUT2D eigenvalue weighted by Crippen LogP contribution is -2.18. The summed E-state index contributed by atoms with van der Waals surface area (Å²) >= 11 is 0. The van der Waals surface area contributed by atoms with E-state index in [2.05, 4.69) is 65.8 Å². The highest BCUT2D eigenvalue weighted by Crippen LogP contribution is 2.18. The Hall–Kier alpha value is -0.760. The first-order chi connectivity index (χ1) is 8.26. The number of hydrogen-bond donors (Lipinski definition) is 0. The molecule has 0 aliphatic carbocycles. The van der Waals surface area contributed by atoms with Crippen LogP contribution in [0.2, 0.25) is 0 Å². The molecule has 2 nitrogen and oxygen atoms in total. The molecule has 18 heavy (non-hydrogen) atoms. The minimum atomic E-state index is 0.245. The Morgan fingerprint density at radius 1 is 1.22 bits per heavy atom. The molecule has 0 fully saturated rings. The summed E-state index contributed by atoms with van der Waals surface area (Å²) in [5.74, 6) is 1.14. The molecular weight excluding hydrogens is 222 g/mol. The third-order valence-electron chi connectivity index (χ3n) is 2.74. The van der Waals surface area contributed by atoms with Crippen LogP contribution in [-0.4, -0.2) is 32.1 Å². The lowest BCUT2D eigenvalue weighted by molar-refractivity contribution is 0.176. The average molecular weight is 253 g/mol. The topological polar surface area (TPSA) is 12.5 Å². The minimum Gasteiger partial charge on any atom is -0.496 e. The number of likely N-dealkylation sites (N-methyl/N-ethyl adjacent to an activating group) is 1. The van der Waals surface area contributed by atoms with E-state index in [0.717, 1.165) is 31.8 Å². The van der Waals surface area contributed by atoms with E-state index in [4.69, 9.17) is 4.74 Å². The van der Waals surface area contributed by atoms with Crippen molar-refractivity contribution < 1.29 is 4.74 Å². The summed E-state index contributed by atoms with van der Waals surface area (Å²) in [7, 11) is 4.14. The minimum absolute atomic E-state index is 0.245. The summed E-state index contributed by atoms with van der Waals surface area (Å²) in [5.41, 5.74) is 1.60. The van der Waals surface area contributed by atoms with Gasteiger partial charge in [-0.1, -0.05) is 39.8 Å². The van der Waals surface area contributed by atoms with Gasteiger partial charge in [0, 0.05) is 13.0 Å². The highest BCUT2D eigenvalue weighted by molar-refractivity contribution is 5.10. The third kappa shape index (κ3) is 9.29. The lowest BCUT2D eigenvalue weighted by Gasteiger charge is -2.16. The van der Waals surface area contributed by atoms with E-state index in [1.54, 1.807) is 0 Å². The quantitative estimate of drug-likeness (QED) is 0.497. The first kappa shape index (κ1) is 17.2. The van der Waals surface area contributed by atoms with Crippen LogP contribution in [0.1, 0.15) is 47.5 Å². The van der Waals surface area contributed by atoms with Gasteiger partial charge in [0.15, 0.2) is 0 Å². The first-order valence-electron chi connectivity index (χ1n) is 6.90. The van der Waals surface area contributed by atoms with Crippen LogP contribution in [0.3, 0.4) is 0 Å². The van der Waals surface area contributed by atoms with Crippen molar-refractivity contribution in [3.63, 3.8) is 0 Å². The molecule has 0 saturated carbocycles. The molecule has 0 aromatic heterocycles. The molecule has 0 N–H and O–H groups in total. The molecule has 0 atom stereocenters. The Kier molecular flexibility index (Phi) is 8.01. The van der Waals surface area contributed by atoms with Gasteiger partial charge in [-0.05, 0) is 38.4 Å². The fraction of sp³-hybridized carbons (Fsp3) is 0.750. The lowest BCUT2D eigenvalue weighted by atomic mass is 9.96. The molecular formula is C16H31NO. The molecule has 0 saturated heterocycles. The Bertz CT molecular complexity index is 282. The molecule has 0 rings (SSSR count). The molecule has 0 aromatic carbocycles. The molecule has 0 bridgehead atoms. The third-order valence-corrected chi connectivity index (χ3v) is 2.74. The van der Waals surface area contributed by atoms with Crippen molar-refractivity contribution >= 4 is 0 Å². The van der Waals surface area contributed by atoms with Crippen LogP contribution in [0.25, 0.3) is 0 Å². The Morgan fingerprint density at radius 3 is 2.28 bits per heavy atom. The maximum atomic E-state index is 5.91. The summed E-state index contributed by atoms with van der Waals surface area (Å²) in [4.78, 5) is 2.14. The van der Waals surface area contributed by atoms with Crippen molar-refractivity contribution in [1.29, 1.82) is 0 Å².